The Morgan fingerprint density at radius 1 is 1.10 bits per heavy atom. The summed E-state index contributed by atoms with van der Waals surface area (Å²) in [6, 6.07) is 14.5. The van der Waals surface area contributed by atoms with Gasteiger partial charge < -0.3 is 19.7 Å². The minimum atomic E-state index is -0.652. The highest BCUT2D eigenvalue weighted by molar-refractivity contribution is 6.06. The van der Waals surface area contributed by atoms with Crippen LogP contribution in [0.2, 0.25) is 0 Å². The molecule has 1 fully saturated rings. The van der Waals surface area contributed by atoms with Gasteiger partial charge in [0.1, 0.15) is 18.4 Å². The summed E-state index contributed by atoms with van der Waals surface area (Å²) in [6.45, 7) is 8.63. The molecule has 7 heteroatoms. The van der Waals surface area contributed by atoms with Gasteiger partial charge in [-0.1, -0.05) is 43.7 Å². The predicted molar refractivity (Wildman–Crippen MR) is 153 cm³/mol. The largest absolute Gasteiger partial charge is 0.488 e. The Morgan fingerprint density at radius 3 is 2.69 bits per heavy atom. The van der Waals surface area contributed by atoms with Gasteiger partial charge in [-0.3, -0.25) is 9.79 Å². The molecule has 0 unspecified atom stereocenters. The molecule has 3 aliphatic rings. The quantitative estimate of drug-likeness (QED) is 0.447. The average Bonchev–Trinajstić information content (AvgIpc) is 3.53. The van der Waals surface area contributed by atoms with Crippen molar-refractivity contribution >= 4 is 34.2 Å². The fourth-order valence-corrected chi connectivity index (χ4v) is 6.39. The molecular weight excluding hydrogens is 490 g/mol. The third-order valence-corrected chi connectivity index (χ3v) is 8.46. The van der Waals surface area contributed by atoms with Crippen LogP contribution in [0.1, 0.15) is 50.3 Å². The lowest BCUT2D eigenvalue weighted by Gasteiger charge is -2.33. The van der Waals surface area contributed by atoms with E-state index in [2.05, 4.69) is 61.6 Å². The minimum absolute atomic E-state index is 0.0653. The summed E-state index contributed by atoms with van der Waals surface area (Å²) in [5, 5.41) is 5.06. The Morgan fingerprint density at radius 2 is 1.92 bits per heavy atom. The zero-order chi connectivity index (χ0) is 27.4. The Bertz CT molecular complexity index is 1530. The summed E-state index contributed by atoms with van der Waals surface area (Å²) in [6.07, 6.45) is 1.86. The number of methoxy groups -OCH3 is 1. The summed E-state index contributed by atoms with van der Waals surface area (Å²) >= 11 is 0. The fraction of sp³-hybridized carbons (Fsp3) is 0.406. The molecule has 0 radical (unpaired) electrons. The van der Waals surface area contributed by atoms with E-state index in [1.807, 2.05) is 18.7 Å². The van der Waals surface area contributed by atoms with E-state index < -0.39 is 12.1 Å². The number of carbonyl (C=O) groups is 2. The average molecular weight is 526 g/mol. The molecule has 3 aromatic carbocycles. The monoisotopic (exact) mass is 525 g/mol. The second-order valence-corrected chi connectivity index (χ2v) is 11.4. The summed E-state index contributed by atoms with van der Waals surface area (Å²) in [5.74, 6) is 0.753. The van der Waals surface area contributed by atoms with Crippen molar-refractivity contribution in [2.24, 2.45) is 10.9 Å². The van der Waals surface area contributed by atoms with Crippen molar-refractivity contribution < 1.29 is 19.1 Å². The molecule has 39 heavy (non-hydrogen) atoms. The third-order valence-electron chi connectivity index (χ3n) is 8.46. The van der Waals surface area contributed by atoms with E-state index in [0.717, 1.165) is 46.3 Å². The highest BCUT2D eigenvalue weighted by Crippen LogP contribution is 2.44. The SMILES string of the molecule is COC(=O)N[C@H](C(=O)N1[C@@H](C)CC[C@H]1C1=Nc2ccc3cc4c(cc3c2C1)OCc1cc(C)ccc1-4)C(C)C. The zero-order valence-electron chi connectivity index (χ0n) is 23.2. The number of likely N-dealkylation sites (tertiary alicyclic amines) is 1. The molecule has 0 aliphatic carbocycles. The fourth-order valence-electron chi connectivity index (χ4n) is 6.39. The van der Waals surface area contributed by atoms with Crippen molar-refractivity contribution in [3.63, 3.8) is 0 Å². The Hall–Kier alpha value is -3.87. The first-order valence-electron chi connectivity index (χ1n) is 13.8. The van der Waals surface area contributed by atoms with Crippen LogP contribution in [-0.4, -0.2) is 47.8 Å². The molecule has 0 saturated carbocycles. The Labute approximate surface area is 229 Å². The maximum atomic E-state index is 13.8. The van der Waals surface area contributed by atoms with Gasteiger partial charge in [-0.2, -0.15) is 0 Å². The number of ether oxygens (including phenoxy) is 2. The van der Waals surface area contributed by atoms with Crippen LogP contribution in [0, 0.1) is 12.8 Å². The number of rotatable bonds is 4. The van der Waals surface area contributed by atoms with E-state index in [0.29, 0.717) is 13.0 Å². The number of benzene rings is 3. The van der Waals surface area contributed by atoms with Crippen LogP contribution in [0.4, 0.5) is 10.5 Å². The van der Waals surface area contributed by atoms with Gasteiger partial charge in [-0.05, 0) is 78.3 Å². The number of fused-ring (bicyclic) bond motifs is 6. The van der Waals surface area contributed by atoms with Gasteiger partial charge in [0.05, 0.1) is 18.8 Å². The molecule has 1 N–H and O–H groups in total. The van der Waals surface area contributed by atoms with E-state index in [4.69, 9.17) is 14.5 Å². The van der Waals surface area contributed by atoms with E-state index in [9.17, 15) is 9.59 Å². The van der Waals surface area contributed by atoms with Gasteiger partial charge in [0.25, 0.3) is 0 Å². The second kappa shape index (κ2) is 9.70. The highest BCUT2D eigenvalue weighted by Gasteiger charge is 2.42. The second-order valence-electron chi connectivity index (χ2n) is 11.4. The molecule has 0 bridgehead atoms. The van der Waals surface area contributed by atoms with Crippen molar-refractivity contribution in [1.82, 2.24) is 10.2 Å². The lowest BCUT2D eigenvalue weighted by Crippen LogP contribution is -2.55. The number of nitrogens with one attached hydrogen (secondary N) is 1. The number of hydrogen-bond donors (Lipinski definition) is 1. The lowest BCUT2D eigenvalue weighted by atomic mass is 9.91. The zero-order valence-corrected chi connectivity index (χ0v) is 23.2. The predicted octanol–water partition coefficient (Wildman–Crippen LogP) is 6.10. The van der Waals surface area contributed by atoms with E-state index in [1.54, 1.807) is 0 Å². The number of amides is 2. The van der Waals surface area contributed by atoms with Crippen LogP contribution in [0.3, 0.4) is 0 Å². The van der Waals surface area contributed by atoms with Crippen LogP contribution >= 0.6 is 0 Å². The standard InChI is InChI=1S/C32H35N3O4/c1-17(2)30(34-32(37)38-5)31(36)35-19(4)7-11-28(35)27-14-24-23-15-29-25(13-20(23)8-10-26(24)33-27)22-9-6-18(3)12-21(22)16-39-29/h6,8-10,12-13,15,17,19,28,30H,7,11,14,16H2,1-5H3,(H,34,37)/t19-,28-,30-/m0/s1. The summed E-state index contributed by atoms with van der Waals surface area (Å²) in [4.78, 5) is 32.8. The van der Waals surface area contributed by atoms with E-state index >= 15 is 0 Å². The lowest BCUT2D eigenvalue weighted by molar-refractivity contribution is -0.135. The molecule has 3 aromatic rings. The first kappa shape index (κ1) is 25.4. The summed E-state index contributed by atoms with van der Waals surface area (Å²) in [5.41, 5.74) is 7.97. The molecule has 3 aliphatic heterocycles. The van der Waals surface area contributed by atoms with Crippen molar-refractivity contribution in [3.05, 3.63) is 59.2 Å². The number of nitrogens with zero attached hydrogens (tertiary/aromatic N) is 2. The first-order chi connectivity index (χ1) is 18.7. The molecule has 7 nitrogen and oxygen atoms in total. The molecule has 1 saturated heterocycles. The number of aliphatic imine (C=N–C) groups is 1. The van der Waals surface area contributed by atoms with Gasteiger partial charge in [-0.25, -0.2) is 4.79 Å². The maximum Gasteiger partial charge on any atom is 0.407 e. The van der Waals surface area contributed by atoms with Crippen LogP contribution in [0.5, 0.6) is 5.75 Å². The van der Waals surface area contributed by atoms with Crippen molar-refractivity contribution in [2.45, 2.75) is 71.7 Å². The minimum Gasteiger partial charge on any atom is -0.488 e. The summed E-state index contributed by atoms with van der Waals surface area (Å²) in [7, 11) is 1.31. The number of aryl methyl sites for hydroxylation is 1. The molecule has 0 spiro atoms. The van der Waals surface area contributed by atoms with Gasteiger partial charge >= 0.3 is 6.09 Å². The van der Waals surface area contributed by atoms with Gasteiger partial charge in [0.2, 0.25) is 5.91 Å². The van der Waals surface area contributed by atoms with Crippen molar-refractivity contribution in [1.29, 1.82) is 0 Å². The smallest absolute Gasteiger partial charge is 0.407 e. The third kappa shape index (κ3) is 4.34. The van der Waals surface area contributed by atoms with E-state index in [-0.39, 0.29) is 23.9 Å². The first-order valence-corrected chi connectivity index (χ1v) is 13.8. The topological polar surface area (TPSA) is 80.2 Å². The molecule has 6 rings (SSSR count). The normalized spacial score (nSPS) is 20.2. The number of hydrogen-bond acceptors (Lipinski definition) is 5. The molecule has 3 atom stereocenters. The van der Waals surface area contributed by atoms with Gasteiger partial charge in [0, 0.05) is 23.7 Å². The van der Waals surface area contributed by atoms with Crippen LogP contribution in [0.15, 0.2) is 47.5 Å². The summed E-state index contributed by atoms with van der Waals surface area (Å²) < 4.78 is 11.0. The van der Waals surface area contributed by atoms with E-state index in [1.165, 1.54) is 29.4 Å². The number of carbonyl (C=O) groups excluding carboxylic acids is 2. The molecular formula is C32H35N3O4. The van der Waals surface area contributed by atoms with Gasteiger partial charge in [0.15, 0.2) is 0 Å². The highest BCUT2D eigenvalue weighted by atomic mass is 16.5. The molecule has 0 aromatic heterocycles. The molecule has 2 amide bonds. The maximum absolute atomic E-state index is 13.8. The Balaban J connectivity index is 1.31. The van der Waals surface area contributed by atoms with Gasteiger partial charge in [-0.15, -0.1) is 0 Å². The molecule has 3 heterocycles. The number of alkyl carbamates (subject to hydrolysis) is 1. The van der Waals surface area contributed by atoms with Crippen LogP contribution in [-0.2, 0) is 22.6 Å². The van der Waals surface area contributed by atoms with Crippen LogP contribution < -0.4 is 10.1 Å². The van der Waals surface area contributed by atoms with Crippen molar-refractivity contribution in [3.8, 4) is 16.9 Å². The van der Waals surface area contributed by atoms with Crippen molar-refractivity contribution in [2.75, 3.05) is 7.11 Å². The molecule has 202 valence electrons. The van der Waals surface area contributed by atoms with Crippen LogP contribution in [0.25, 0.3) is 21.9 Å². The Kier molecular flexibility index (Phi) is 6.32.